The Labute approximate surface area is 154 Å². The third-order valence-electron chi connectivity index (χ3n) is 3.08. The Hall–Kier alpha value is -2.31. The molecule has 0 radical (unpaired) electrons. The van der Waals surface area contributed by atoms with Crippen LogP contribution in [0.2, 0.25) is 5.02 Å². The molecule has 130 valence electrons. The molecule has 25 heavy (non-hydrogen) atoms. The fourth-order valence-electron chi connectivity index (χ4n) is 1.90. The summed E-state index contributed by atoms with van der Waals surface area (Å²) in [5, 5.41) is 2.64. The number of thioether (sulfide) groups is 1. The van der Waals surface area contributed by atoms with E-state index >= 15 is 0 Å². The predicted octanol–water partition coefficient (Wildman–Crippen LogP) is 4.40. The molecule has 4 nitrogen and oxygen atoms in total. The third kappa shape index (κ3) is 5.92. The summed E-state index contributed by atoms with van der Waals surface area (Å²) in [6.45, 7) is -0.407. The molecule has 2 aromatic carbocycles. The molecule has 0 aromatic heterocycles. The molecule has 0 atom stereocenters. The molecular formula is C18H15ClFNO3S. The van der Waals surface area contributed by atoms with Crippen LogP contribution in [0, 0.1) is 5.82 Å². The molecule has 0 aliphatic heterocycles. The van der Waals surface area contributed by atoms with Gasteiger partial charge in [-0.1, -0.05) is 29.8 Å². The molecule has 0 saturated heterocycles. The lowest BCUT2D eigenvalue weighted by Gasteiger charge is -2.09. The van der Waals surface area contributed by atoms with E-state index in [1.54, 1.807) is 12.1 Å². The van der Waals surface area contributed by atoms with E-state index in [0.29, 0.717) is 11.3 Å². The summed E-state index contributed by atoms with van der Waals surface area (Å²) in [5.74, 6) is -1.66. The van der Waals surface area contributed by atoms with Crippen molar-refractivity contribution in [3.05, 3.63) is 64.9 Å². The second-order valence-corrected chi connectivity index (χ2v) is 6.12. The fraction of sp³-hybridized carbons (Fsp3) is 0.111. The Morgan fingerprint density at radius 1 is 1.28 bits per heavy atom. The first-order valence-corrected chi connectivity index (χ1v) is 8.82. The third-order valence-corrected chi connectivity index (χ3v) is 4.17. The van der Waals surface area contributed by atoms with E-state index in [9.17, 15) is 14.0 Å². The largest absolute Gasteiger partial charge is 0.452 e. The second-order valence-electron chi connectivity index (χ2n) is 4.86. The Balaban J connectivity index is 1.85. The van der Waals surface area contributed by atoms with E-state index in [1.807, 2.05) is 18.4 Å². The van der Waals surface area contributed by atoms with Crippen LogP contribution in [0.25, 0.3) is 6.08 Å². The van der Waals surface area contributed by atoms with E-state index in [4.69, 9.17) is 16.3 Å². The quantitative estimate of drug-likeness (QED) is 0.459. The Morgan fingerprint density at radius 3 is 2.76 bits per heavy atom. The number of hydrogen-bond acceptors (Lipinski definition) is 4. The summed E-state index contributed by atoms with van der Waals surface area (Å²) in [5.41, 5.74) is 1.20. The van der Waals surface area contributed by atoms with Gasteiger partial charge in [0.05, 0.1) is 10.7 Å². The van der Waals surface area contributed by atoms with Crippen molar-refractivity contribution in [1.29, 1.82) is 0 Å². The van der Waals surface area contributed by atoms with Crippen molar-refractivity contribution >= 4 is 47.0 Å². The fourth-order valence-corrected chi connectivity index (χ4v) is 2.64. The van der Waals surface area contributed by atoms with Crippen molar-refractivity contribution in [1.82, 2.24) is 0 Å². The van der Waals surface area contributed by atoms with Crippen molar-refractivity contribution in [2.75, 3.05) is 18.2 Å². The van der Waals surface area contributed by atoms with Gasteiger partial charge in [0.25, 0.3) is 5.91 Å². The van der Waals surface area contributed by atoms with Gasteiger partial charge in [0.15, 0.2) is 6.61 Å². The van der Waals surface area contributed by atoms with Crippen molar-refractivity contribution in [3.8, 4) is 0 Å². The highest BCUT2D eigenvalue weighted by atomic mass is 35.5. The number of halogens is 2. The van der Waals surface area contributed by atoms with E-state index in [2.05, 4.69) is 5.32 Å². The van der Waals surface area contributed by atoms with Crippen LogP contribution in [-0.4, -0.2) is 24.7 Å². The van der Waals surface area contributed by atoms with Gasteiger partial charge in [0, 0.05) is 11.0 Å². The summed E-state index contributed by atoms with van der Waals surface area (Å²) in [7, 11) is 0. The molecule has 0 aliphatic rings. The van der Waals surface area contributed by atoms with E-state index in [1.165, 1.54) is 36.0 Å². The van der Waals surface area contributed by atoms with Crippen molar-refractivity contribution in [2.45, 2.75) is 4.90 Å². The van der Waals surface area contributed by atoms with Crippen LogP contribution in [0.1, 0.15) is 5.56 Å². The van der Waals surface area contributed by atoms with Gasteiger partial charge in [-0.05, 0) is 42.2 Å². The molecule has 1 N–H and O–H groups in total. The first-order chi connectivity index (χ1) is 12.0. The maximum absolute atomic E-state index is 13.0. The summed E-state index contributed by atoms with van der Waals surface area (Å²) < 4.78 is 17.9. The normalized spacial score (nSPS) is 10.7. The number of amides is 1. The van der Waals surface area contributed by atoms with Gasteiger partial charge in [-0.3, -0.25) is 4.79 Å². The maximum Gasteiger partial charge on any atom is 0.331 e. The van der Waals surface area contributed by atoms with Gasteiger partial charge < -0.3 is 10.1 Å². The molecule has 0 heterocycles. The summed E-state index contributed by atoms with van der Waals surface area (Å²) in [6, 6.07) is 11.4. The molecule has 0 bridgehead atoms. The molecule has 0 unspecified atom stereocenters. The van der Waals surface area contributed by atoms with Gasteiger partial charge in [0.1, 0.15) is 5.82 Å². The standard InChI is InChI=1S/C18H15ClFNO3S/c1-25-16-5-3-2-4-15(16)21-17(22)11-24-18(23)9-7-12-6-8-14(20)13(19)10-12/h2-10H,11H2,1H3,(H,21,22)/b9-7+. The molecule has 0 saturated carbocycles. The van der Waals surface area contributed by atoms with Crippen LogP contribution in [0.15, 0.2) is 53.4 Å². The summed E-state index contributed by atoms with van der Waals surface area (Å²) >= 11 is 7.15. The minimum atomic E-state index is -0.686. The van der Waals surface area contributed by atoms with Crippen LogP contribution < -0.4 is 5.32 Å². The first kappa shape index (κ1) is 19.0. The van der Waals surface area contributed by atoms with Gasteiger partial charge in [-0.15, -0.1) is 11.8 Å². The molecular weight excluding hydrogens is 365 g/mol. The zero-order chi connectivity index (χ0) is 18.2. The molecule has 7 heteroatoms. The minimum absolute atomic E-state index is 0.0395. The summed E-state index contributed by atoms with van der Waals surface area (Å²) in [4.78, 5) is 24.4. The lowest BCUT2D eigenvalue weighted by Crippen LogP contribution is -2.20. The Morgan fingerprint density at radius 2 is 2.04 bits per heavy atom. The Bertz CT molecular complexity index is 811. The Kier molecular flexibility index (Phi) is 7.03. The number of benzene rings is 2. The average Bonchev–Trinajstić information content (AvgIpc) is 2.61. The molecule has 0 spiro atoms. The smallest absolute Gasteiger partial charge is 0.331 e. The van der Waals surface area contributed by atoms with Gasteiger partial charge in [-0.2, -0.15) is 0 Å². The lowest BCUT2D eigenvalue weighted by molar-refractivity contribution is -0.142. The van der Waals surface area contributed by atoms with Crippen molar-refractivity contribution in [2.24, 2.45) is 0 Å². The van der Waals surface area contributed by atoms with E-state index < -0.39 is 24.3 Å². The SMILES string of the molecule is CSc1ccccc1NC(=O)COC(=O)/C=C/c1ccc(F)c(Cl)c1. The summed E-state index contributed by atoms with van der Waals surface area (Å²) in [6.07, 6.45) is 4.47. The highest BCUT2D eigenvalue weighted by Crippen LogP contribution is 2.24. The van der Waals surface area contributed by atoms with Crippen molar-refractivity contribution < 1.29 is 18.7 Å². The zero-order valence-electron chi connectivity index (χ0n) is 13.3. The number of hydrogen-bond donors (Lipinski definition) is 1. The maximum atomic E-state index is 13.0. The second kappa shape index (κ2) is 9.25. The van der Waals surface area contributed by atoms with Gasteiger partial charge in [-0.25, -0.2) is 9.18 Å². The average molecular weight is 380 g/mol. The number of para-hydroxylation sites is 1. The molecule has 0 fully saturated rings. The number of esters is 1. The number of rotatable bonds is 6. The van der Waals surface area contributed by atoms with Gasteiger partial charge >= 0.3 is 5.97 Å². The number of carbonyl (C=O) groups excluding carboxylic acids is 2. The highest BCUT2D eigenvalue weighted by Gasteiger charge is 2.08. The van der Waals surface area contributed by atoms with E-state index in [-0.39, 0.29) is 5.02 Å². The van der Waals surface area contributed by atoms with Crippen LogP contribution in [0.5, 0.6) is 0 Å². The van der Waals surface area contributed by atoms with E-state index in [0.717, 1.165) is 11.0 Å². The number of ether oxygens (including phenoxy) is 1. The first-order valence-electron chi connectivity index (χ1n) is 7.22. The topological polar surface area (TPSA) is 55.4 Å². The van der Waals surface area contributed by atoms with Crippen LogP contribution in [0.3, 0.4) is 0 Å². The number of nitrogens with one attached hydrogen (secondary N) is 1. The monoisotopic (exact) mass is 379 g/mol. The predicted molar refractivity (Wildman–Crippen MR) is 98.3 cm³/mol. The molecule has 2 aromatic rings. The molecule has 0 aliphatic carbocycles. The highest BCUT2D eigenvalue weighted by molar-refractivity contribution is 7.98. The lowest BCUT2D eigenvalue weighted by atomic mass is 10.2. The molecule has 1 amide bonds. The molecule has 2 rings (SSSR count). The van der Waals surface area contributed by atoms with Crippen molar-refractivity contribution in [3.63, 3.8) is 0 Å². The van der Waals surface area contributed by atoms with Gasteiger partial charge in [0.2, 0.25) is 0 Å². The minimum Gasteiger partial charge on any atom is -0.452 e. The van der Waals surface area contributed by atoms with Crippen LogP contribution >= 0.6 is 23.4 Å². The number of carbonyl (C=O) groups is 2. The zero-order valence-corrected chi connectivity index (χ0v) is 14.9. The van der Waals surface area contributed by atoms with Crippen LogP contribution in [-0.2, 0) is 14.3 Å². The number of anilines is 1. The van der Waals surface area contributed by atoms with Crippen LogP contribution in [0.4, 0.5) is 10.1 Å².